The molecule has 0 aromatic heterocycles. The van der Waals surface area contributed by atoms with E-state index in [-0.39, 0.29) is 6.10 Å². The van der Waals surface area contributed by atoms with Crippen molar-refractivity contribution in [3.8, 4) is 0 Å². The van der Waals surface area contributed by atoms with Gasteiger partial charge in [0.2, 0.25) is 5.91 Å². The number of amides is 1. The third-order valence-corrected chi connectivity index (χ3v) is 6.49. The summed E-state index contributed by atoms with van der Waals surface area (Å²) in [5.41, 5.74) is 0. The zero-order valence-electron chi connectivity index (χ0n) is 11.1. The predicted molar refractivity (Wildman–Crippen MR) is 78.9 cm³/mol. The molecule has 2 fully saturated rings. The Hall–Kier alpha value is 0.130. The molecule has 2 unspecified atom stereocenters. The fourth-order valence-electron chi connectivity index (χ4n) is 2.42. The van der Waals surface area contributed by atoms with Crippen LogP contribution in [0.4, 0.5) is 0 Å². The van der Waals surface area contributed by atoms with Crippen LogP contribution in [0.25, 0.3) is 0 Å². The molecule has 0 aliphatic carbocycles. The van der Waals surface area contributed by atoms with Crippen LogP contribution < -0.4 is 0 Å². The SMILES string of the molecule is CC1CN(C(=O)CCCCC2CCSS2)CCO1. The van der Waals surface area contributed by atoms with E-state index in [1.807, 2.05) is 33.4 Å². The third-order valence-electron chi connectivity index (χ3n) is 3.49. The largest absolute Gasteiger partial charge is 0.375 e. The van der Waals surface area contributed by atoms with E-state index < -0.39 is 0 Å². The Kier molecular flexibility index (Phi) is 6.18. The number of hydrogen-bond acceptors (Lipinski definition) is 4. The molecule has 104 valence electrons. The molecule has 18 heavy (non-hydrogen) atoms. The van der Waals surface area contributed by atoms with E-state index >= 15 is 0 Å². The van der Waals surface area contributed by atoms with Crippen molar-refractivity contribution in [2.24, 2.45) is 0 Å². The highest BCUT2D eigenvalue weighted by atomic mass is 33.1. The van der Waals surface area contributed by atoms with Gasteiger partial charge < -0.3 is 9.64 Å². The highest BCUT2D eigenvalue weighted by Gasteiger charge is 2.21. The van der Waals surface area contributed by atoms with Crippen molar-refractivity contribution in [1.82, 2.24) is 4.90 Å². The van der Waals surface area contributed by atoms with Gasteiger partial charge in [-0.3, -0.25) is 4.79 Å². The summed E-state index contributed by atoms with van der Waals surface area (Å²) in [4.78, 5) is 14.0. The first-order chi connectivity index (χ1) is 8.75. The Bertz CT molecular complexity index is 270. The summed E-state index contributed by atoms with van der Waals surface area (Å²) in [5, 5.41) is 0.841. The van der Waals surface area contributed by atoms with Gasteiger partial charge >= 0.3 is 0 Å². The maximum Gasteiger partial charge on any atom is 0.222 e. The van der Waals surface area contributed by atoms with Gasteiger partial charge in [0.05, 0.1) is 12.7 Å². The predicted octanol–water partition coefficient (Wildman–Crippen LogP) is 2.95. The molecule has 2 saturated heterocycles. The number of carbonyl (C=O) groups excluding carboxylic acids is 1. The zero-order valence-corrected chi connectivity index (χ0v) is 12.7. The first kappa shape index (κ1) is 14.5. The van der Waals surface area contributed by atoms with Gasteiger partial charge in [-0.2, -0.15) is 0 Å². The number of hydrogen-bond donors (Lipinski definition) is 0. The van der Waals surface area contributed by atoms with Gasteiger partial charge in [0.15, 0.2) is 0 Å². The van der Waals surface area contributed by atoms with Gasteiger partial charge in [-0.05, 0) is 26.2 Å². The Morgan fingerprint density at radius 3 is 3.06 bits per heavy atom. The molecular formula is C13H23NO2S2. The van der Waals surface area contributed by atoms with Crippen LogP contribution in [0.5, 0.6) is 0 Å². The Morgan fingerprint density at radius 1 is 1.44 bits per heavy atom. The topological polar surface area (TPSA) is 29.5 Å². The molecule has 1 amide bonds. The zero-order chi connectivity index (χ0) is 12.8. The van der Waals surface area contributed by atoms with E-state index in [0.717, 1.165) is 31.2 Å². The first-order valence-electron chi connectivity index (χ1n) is 6.93. The lowest BCUT2D eigenvalue weighted by molar-refractivity contribution is -0.138. The van der Waals surface area contributed by atoms with Crippen molar-refractivity contribution in [2.75, 3.05) is 25.4 Å². The maximum atomic E-state index is 12.0. The van der Waals surface area contributed by atoms with Gasteiger partial charge in [-0.15, -0.1) is 0 Å². The van der Waals surface area contributed by atoms with Crippen molar-refractivity contribution in [1.29, 1.82) is 0 Å². The normalized spacial score (nSPS) is 28.6. The number of morpholine rings is 1. The second kappa shape index (κ2) is 7.65. The molecule has 5 heteroatoms. The van der Waals surface area contributed by atoms with Crippen LogP contribution in [0.15, 0.2) is 0 Å². The summed E-state index contributed by atoms with van der Waals surface area (Å²) >= 11 is 0. The van der Waals surface area contributed by atoms with E-state index in [1.165, 1.54) is 25.0 Å². The highest BCUT2D eigenvalue weighted by molar-refractivity contribution is 8.77. The quantitative estimate of drug-likeness (QED) is 0.575. The lowest BCUT2D eigenvalue weighted by atomic mass is 10.1. The fraction of sp³-hybridized carbons (Fsp3) is 0.923. The summed E-state index contributed by atoms with van der Waals surface area (Å²) in [6, 6.07) is 0. The fourth-order valence-corrected chi connectivity index (χ4v) is 5.44. The van der Waals surface area contributed by atoms with Crippen molar-refractivity contribution in [2.45, 2.75) is 50.4 Å². The van der Waals surface area contributed by atoms with Gasteiger partial charge in [0.1, 0.15) is 0 Å². The van der Waals surface area contributed by atoms with E-state index in [0.29, 0.717) is 12.5 Å². The molecule has 0 radical (unpaired) electrons. The van der Waals surface area contributed by atoms with E-state index in [9.17, 15) is 4.79 Å². The minimum Gasteiger partial charge on any atom is -0.375 e. The summed E-state index contributed by atoms with van der Waals surface area (Å²) in [7, 11) is 4.03. The van der Waals surface area contributed by atoms with Gasteiger partial charge in [0.25, 0.3) is 0 Å². The minimum atomic E-state index is 0.203. The van der Waals surface area contributed by atoms with E-state index in [1.54, 1.807) is 0 Å². The number of unbranched alkanes of at least 4 members (excludes halogenated alkanes) is 1. The average molecular weight is 289 g/mol. The molecule has 2 heterocycles. The Morgan fingerprint density at radius 2 is 2.33 bits per heavy atom. The number of nitrogens with zero attached hydrogens (tertiary/aromatic N) is 1. The number of rotatable bonds is 5. The van der Waals surface area contributed by atoms with Crippen LogP contribution in [0.3, 0.4) is 0 Å². The third kappa shape index (κ3) is 4.67. The molecule has 0 saturated carbocycles. The molecule has 0 bridgehead atoms. The van der Waals surface area contributed by atoms with Crippen molar-refractivity contribution in [3.05, 3.63) is 0 Å². The van der Waals surface area contributed by atoms with Crippen molar-refractivity contribution < 1.29 is 9.53 Å². The smallest absolute Gasteiger partial charge is 0.222 e. The molecule has 2 aliphatic heterocycles. The van der Waals surface area contributed by atoms with Gasteiger partial charge in [-0.25, -0.2) is 0 Å². The summed E-state index contributed by atoms with van der Waals surface area (Å²) in [6.45, 7) is 4.28. The Labute approximate surface area is 118 Å². The molecule has 2 aliphatic rings. The van der Waals surface area contributed by atoms with E-state index in [4.69, 9.17) is 4.74 Å². The average Bonchev–Trinajstić information content (AvgIpc) is 2.87. The standard InChI is InChI=1S/C13H23NO2S2/c1-11-10-14(7-8-16-11)13(15)5-3-2-4-12-6-9-17-18-12/h11-12H,2-10H2,1H3. The molecule has 0 aromatic carbocycles. The molecule has 3 nitrogen and oxygen atoms in total. The molecule has 0 spiro atoms. The summed E-state index contributed by atoms with van der Waals surface area (Å²) in [5.74, 6) is 1.62. The van der Waals surface area contributed by atoms with Crippen molar-refractivity contribution >= 4 is 27.5 Å². The monoisotopic (exact) mass is 289 g/mol. The summed E-state index contributed by atoms with van der Waals surface area (Å²) in [6.07, 6.45) is 5.80. The highest BCUT2D eigenvalue weighted by Crippen LogP contribution is 2.39. The number of carbonyl (C=O) groups is 1. The molecule has 0 aromatic rings. The number of ether oxygens (including phenoxy) is 1. The lowest BCUT2D eigenvalue weighted by Gasteiger charge is -2.31. The minimum absolute atomic E-state index is 0.203. The van der Waals surface area contributed by atoms with Crippen LogP contribution in [0, 0.1) is 0 Å². The second-order valence-corrected chi connectivity index (χ2v) is 7.88. The van der Waals surface area contributed by atoms with Crippen LogP contribution in [0.1, 0.15) is 39.0 Å². The molecule has 2 atom stereocenters. The van der Waals surface area contributed by atoms with Crippen LogP contribution >= 0.6 is 21.6 Å². The first-order valence-corrected chi connectivity index (χ1v) is 9.31. The second-order valence-electron chi connectivity index (χ2n) is 5.10. The maximum absolute atomic E-state index is 12.0. The van der Waals surface area contributed by atoms with Crippen LogP contribution in [0.2, 0.25) is 0 Å². The lowest BCUT2D eigenvalue weighted by Crippen LogP contribution is -2.44. The Balaban J connectivity index is 1.56. The molecule has 2 rings (SSSR count). The van der Waals surface area contributed by atoms with Crippen LogP contribution in [-0.4, -0.2) is 47.6 Å². The summed E-state index contributed by atoms with van der Waals surface area (Å²) < 4.78 is 5.45. The van der Waals surface area contributed by atoms with Gasteiger partial charge in [0, 0.05) is 30.5 Å². The van der Waals surface area contributed by atoms with Crippen molar-refractivity contribution in [3.63, 3.8) is 0 Å². The van der Waals surface area contributed by atoms with Gasteiger partial charge in [-0.1, -0.05) is 28.0 Å². The van der Waals surface area contributed by atoms with Crippen LogP contribution in [-0.2, 0) is 9.53 Å². The molecular weight excluding hydrogens is 266 g/mol. The molecule has 0 N–H and O–H groups in total. The van der Waals surface area contributed by atoms with E-state index in [2.05, 4.69) is 0 Å².